The quantitative estimate of drug-likeness (QED) is 0.878. The van der Waals surface area contributed by atoms with Gasteiger partial charge in [0.15, 0.2) is 0 Å². The van der Waals surface area contributed by atoms with Crippen LogP contribution in [0.15, 0.2) is 34.9 Å². The van der Waals surface area contributed by atoms with E-state index in [1.54, 1.807) is 0 Å². The molecule has 0 spiro atoms. The third kappa shape index (κ3) is 1.91. The van der Waals surface area contributed by atoms with Gasteiger partial charge < -0.3 is 5.73 Å². The van der Waals surface area contributed by atoms with Crippen molar-refractivity contribution in [2.45, 2.75) is 25.3 Å². The second-order valence-corrected chi connectivity index (χ2v) is 5.35. The normalized spacial score (nSPS) is 19.1. The highest BCUT2D eigenvalue weighted by atomic mass is 79.9. The number of halogens is 1. The lowest BCUT2D eigenvalue weighted by molar-refractivity contribution is 0.558. The summed E-state index contributed by atoms with van der Waals surface area (Å²) in [5, 5.41) is 4.48. The summed E-state index contributed by atoms with van der Waals surface area (Å²) in [7, 11) is 0. The van der Waals surface area contributed by atoms with E-state index in [0.717, 1.165) is 29.4 Å². The molecule has 1 aliphatic carbocycles. The van der Waals surface area contributed by atoms with Crippen molar-refractivity contribution in [3.05, 3.63) is 46.2 Å². The van der Waals surface area contributed by atoms with Gasteiger partial charge in [0.2, 0.25) is 0 Å². The SMILES string of the molecule is NC1CCCc2c1cnn2-c1cccc(Br)c1. The van der Waals surface area contributed by atoms with Gasteiger partial charge >= 0.3 is 0 Å². The molecule has 1 aromatic heterocycles. The Hall–Kier alpha value is -1.13. The summed E-state index contributed by atoms with van der Waals surface area (Å²) in [6.07, 6.45) is 5.20. The molecule has 1 aromatic carbocycles. The van der Waals surface area contributed by atoms with Gasteiger partial charge in [-0.05, 0) is 37.5 Å². The lowest BCUT2D eigenvalue weighted by Gasteiger charge is -2.19. The van der Waals surface area contributed by atoms with Crippen molar-refractivity contribution >= 4 is 15.9 Å². The third-order valence-electron chi connectivity index (χ3n) is 3.28. The molecular formula is C13H14BrN3. The van der Waals surface area contributed by atoms with Crippen LogP contribution >= 0.6 is 15.9 Å². The third-order valence-corrected chi connectivity index (χ3v) is 3.78. The molecule has 17 heavy (non-hydrogen) atoms. The summed E-state index contributed by atoms with van der Waals surface area (Å²) in [6.45, 7) is 0. The van der Waals surface area contributed by atoms with Gasteiger partial charge in [0.05, 0.1) is 11.9 Å². The molecule has 0 amide bonds. The maximum atomic E-state index is 6.11. The van der Waals surface area contributed by atoms with E-state index in [1.807, 2.05) is 23.0 Å². The first kappa shape index (κ1) is 11.0. The Morgan fingerprint density at radius 1 is 1.41 bits per heavy atom. The molecule has 0 aliphatic heterocycles. The van der Waals surface area contributed by atoms with E-state index in [2.05, 4.69) is 33.2 Å². The zero-order valence-corrected chi connectivity index (χ0v) is 11.0. The number of rotatable bonds is 1. The molecule has 1 heterocycles. The molecule has 2 aromatic rings. The average Bonchev–Trinajstić information content (AvgIpc) is 2.74. The molecule has 0 saturated heterocycles. The first-order valence-electron chi connectivity index (χ1n) is 5.84. The Morgan fingerprint density at radius 2 is 2.29 bits per heavy atom. The largest absolute Gasteiger partial charge is 0.324 e. The number of hydrogen-bond acceptors (Lipinski definition) is 2. The molecule has 1 aliphatic rings. The summed E-state index contributed by atoms with van der Waals surface area (Å²) >= 11 is 3.49. The van der Waals surface area contributed by atoms with Crippen molar-refractivity contribution in [1.29, 1.82) is 0 Å². The van der Waals surface area contributed by atoms with Crippen LogP contribution in [0.4, 0.5) is 0 Å². The van der Waals surface area contributed by atoms with Crippen LogP contribution in [0, 0.1) is 0 Å². The fourth-order valence-corrected chi connectivity index (χ4v) is 2.81. The summed E-state index contributed by atoms with van der Waals surface area (Å²) in [6, 6.07) is 8.34. The van der Waals surface area contributed by atoms with Gasteiger partial charge in [-0.25, -0.2) is 4.68 Å². The molecule has 4 heteroatoms. The minimum Gasteiger partial charge on any atom is -0.324 e. The van der Waals surface area contributed by atoms with Gasteiger partial charge in [-0.1, -0.05) is 22.0 Å². The van der Waals surface area contributed by atoms with Crippen LogP contribution in [-0.4, -0.2) is 9.78 Å². The zero-order chi connectivity index (χ0) is 11.8. The van der Waals surface area contributed by atoms with Crippen molar-refractivity contribution in [3.8, 4) is 5.69 Å². The minimum absolute atomic E-state index is 0.152. The van der Waals surface area contributed by atoms with Crippen molar-refractivity contribution < 1.29 is 0 Å². The van der Waals surface area contributed by atoms with Crippen molar-refractivity contribution in [2.75, 3.05) is 0 Å². The average molecular weight is 292 g/mol. The highest BCUT2D eigenvalue weighted by Crippen LogP contribution is 2.29. The van der Waals surface area contributed by atoms with Crippen molar-refractivity contribution in [3.63, 3.8) is 0 Å². The van der Waals surface area contributed by atoms with Crippen LogP contribution in [0.5, 0.6) is 0 Å². The summed E-state index contributed by atoms with van der Waals surface area (Å²) < 4.78 is 3.08. The first-order chi connectivity index (χ1) is 8.25. The minimum atomic E-state index is 0.152. The predicted molar refractivity (Wildman–Crippen MR) is 71.1 cm³/mol. The number of hydrogen-bond donors (Lipinski definition) is 1. The fourth-order valence-electron chi connectivity index (χ4n) is 2.42. The highest BCUT2D eigenvalue weighted by molar-refractivity contribution is 9.10. The van der Waals surface area contributed by atoms with Crippen LogP contribution < -0.4 is 5.73 Å². The zero-order valence-electron chi connectivity index (χ0n) is 9.44. The van der Waals surface area contributed by atoms with Gasteiger partial charge in [-0.3, -0.25) is 0 Å². The molecule has 0 fully saturated rings. The molecule has 1 atom stereocenters. The van der Waals surface area contributed by atoms with E-state index in [1.165, 1.54) is 11.3 Å². The summed E-state index contributed by atoms with van der Waals surface area (Å²) in [5.41, 5.74) is 9.67. The highest BCUT2D eigenvalue weighted by Gasteiger charge is 2.21. The molecule has 0 saturated carbocycles. The molecule has 3 rings (SSSR count). The lowest BCUT2D eigenvalue weighted by Crippen LogP contribution is -2.17. The predicted octanol–water partition coefficient (Wildman–Crippen LogP) is 2.97. The van der Waals surface area contributed by atoms with Crippen molar-refractivity contribution in [2.24, 2.45) is 5.73 Å². The molecule has 0 radical (unpaired) electrons. The van der Waals surface area contributed by atoms with Gasteiger partial charge in [-0.15, -0.1) is 0 Å². The molecule has 0 bridgehead atoms. The molecular weight excluding hydrogens is 278 g/mol. The topological polar surface area (TPSA) is 43.8 Å². The van der Waals surface area contributed by atoms with E-state index < -0.39 is 0 Å². The van der Waals surface area contributed by atoms with Crippen LogP contribution in [0.3, 0.4) is 0 Å². The molecule has 2 N–H and O–H groups in total. The van der Waals surface area contributed by atoms with Crippen LogP contribution in [-0.2, 0) is 6.42 Å². The smallest absolute Gasteiger partial charge is 0.0660 e. The number of aromatic nitrogens is 2. The monoisotopic (exact) mass is 291 g/mol. The number of nitrogens with two attached hydrogens (primary N) is 1. The van der Waals surface area contributed by atoms with Gasteiger partial charge in [0.25, 0.3) is 0 Å². The number of fused-ring (bicyclic) bond motifs is 1. The van der Waals surface area contributed by atoms with Crippen molar-refractivity contribution in [1.82, 2.24) is 9.78 Å². The van der Waals surface area contributed by atoms with Gasteiger partial charge in [0.1, 0.15) is 0 Å². The molecule has 88 valence electrons. The van der Waals surface area contributed by atoms with Crippen LogP contribution in [0.25, 0.3) is 5.69 Å². The maximum Gasteiger partial charge on any atom is 0.0660 e. The first-order valence-corrected chi connectivity index (χ1v) is 6.63. The van der Waals surface area contributed by atoms with E-state index in [9.17, 15) is 0 Å². The Kier molecular flexibility index (Phi) is 2.76. The summed E-state index contributed by atoms with van der Waals surface area (Å²) in [4.78, 5) is 0. The van der Waals surface area contributed by atoms with Crippen LogP contribution in [0.1, 0.15) is 30.1 Å². The Morgan fingerprint density at radius 3 is 3.12 bits per heavy atom. The van der Waals surface area contributed by atoms with Gasteiger partial charge in [-0.2, -0.15) is 5.10 Å². The Bertz CT molecular complexity index is 547. The molecule has 3 nitrogen and oxygen atoms in total. The number of benzene rings is 1. The second kappa shape index (κ2) is 4.27. The van der Waals surface area contributed by atoms with E-state index >= 15 is 0 Å². The van der Waals surface area contributed by atoms with E-state index in [-0.39, 0.29) is 6.04 Å². The standard InChI is InChI=1S/C13H14BrN3/c14-9-3-1-4-10(7-9)17-13-6-2-5-12(15)11(13)8-16-17/h1,3-4,7-8,12H,2,5-6,15H2. The molecule has 1 unspecified atom stereocenters. The van der Waals surface area contributed by atoms with E-state index in [4.69, 9.17) is 5.73 Å². The maximum absolute atomic E-state index is 6.11. The van der Waals surface area contributed by atoms with E-state index in [0.29, 0.717) is 0 Å². The Labute approximate surface area is 109 Å². The fraction of sp³-hybridized carbons (Fsp3) is 0.308. The number of nitrogens with zero attached hydrogens (tertiary/aromatic N) is 2. The second-order valence-electron chi connectivity index (χ2n) is 4.44. The Balaban J connectivity index is 2.10. The lowest BCUT2D eigenvalue weighted by atomic mass is 9.94. The van der Waals surface area contributed by atoms with Gasteiger partial charge in [0, 0.05) is 21.8 Å². The summed E-state index contributed by atoms with van der Waals surface area (Å²) in [5.74, 6) is 0. The van der Waals surface area contributed by atoms with Crippen LogP contribution in [0.2, 0.25) is 0 Å².